The third-order valence-electron chi connectivity index (χ3n) is 3.14. The molecule has 1 aliphatic rings. The molecule has 1 saturated heterocycles. The minimum atomic E-state index is -0.982. The second-order valence-electron chi connectivity index (χ2n) is 4.43. The number of carboxylic acid groups (broad SMARTS) is 1. The van der Waals surface area contributed by atoms with E-state index in [0.717, 1.165) is 0 Å². The van der Waals surface area contributed by atoms with Gasteiger partial charge in [-0.25, -0.2) is 0 Å². The maximum absolute atomic E-state index is 11.2. The molecular weight excluding hydrogens is 332 g/mol. The highest BCUT2D eigenvalue weighted by molar-refractivity contribution is 9.10. The molecule has 0 radical (unpaired) electrons. The molecule has 20 heavy (non-hydrogen) atoms. The molecule has 1 aliphatic heterocycles. The topological polar surface area (TPSA) is 92.9 Å². The summed E-state index contributed by atoms with van der Waals surface area (Å²) in [5.41, 5.74) is 0.473. The van der Waals surface area contributed by atoms with Gasteiger partial charge < -0.3 is 9.84 Å². The van der Waals surface area contributed by atoms with E-state index in [2.05, 4.69) is 15.9 Å². The molecule has 8 heteroatoms. The van der Waals surface area contributed by atoms with Crippen LogP contribution in [0.3, 0.4) is 0 Å². The molecule has 1 aromatic rings. The average Bonchev–Trinajstić information content (AvgIpc) is 2.41. The van der Waals surface area contributed by atoms with Gasteiger partial charge in [-0.05, 0) is 12.1 Å². The highest BCUT2D eigenvalue weighted by Crippen LogP contribution is 2.25. The summed E-state index contributed by atoms with van der Waals surface area (Å²) in [6.07, 6.45) is 0. The first-order chi connectivity index (χ1) is 9.49. The molecule has 1 unspecified atom stereocenters. The molecule has 0 amide bonds. The van der Waals surface area contributed by atoms with E-state index in [1.807, 2.05) is 0 Å². The molecule has 1 fully saturated rings. The Kier molecular flexibility index (Phi) is 4.69. The minimum Gasteiger partial charge on any atom is -0.480 e. The van der Waals surface area contributed by atoms with Gasteiger partial charge in [0.05, 0.1) is 18.1 Å². The van der Waals surface area contributed by atoms with Gasteiger partial charge in [0.2, 0.25) is 0 Å². The van der Waals surface area contributed by atoms with Gasteiger partial charge in [-0.2, -0.15) is 0 Å². The number of hydrogen-bond acceptors (Lipinski definition) is 5. The van der Waals surface area contributed by atoms with Crippen LogP contribution in [-0.2, 0) is 16.1 Å². The molecule has 0 spiro atoms. The Hall–Kier alpha value is -1.51. The quantitative estimate of drug-likeness (QED) is 0.659. The molecule has 1 aromatic carbocycles. The number of halogens is 1. The maximum Gasteiger partial charge on any atom is 0.323 e. The Morgan fingerprint density at radius 2 is 2.35 bits per heavy atom. The van der Waals surface area contributed by atoms with Gasteiger partial charge >= 0.3 is 5.97 Å². The number of ether oxygens (including phenoxy) is 1. The lowest BCUT2D eigenvalue weighted by molar-refractivity contribution is -0.385. The molecule has 108 valence electrons. The maximum atomic E-state index is 11.2. The van der Waals surface area contributed by atoms with E-state index in [1.54, 1.807) is 17.0 Å². The van der Waals surface area contributed by atoms with Crippen LogP contribution in [0, 0.1) is 10.1 Å². The van der Waals surface area contributed by atoms with Gasteiger partial charge in [-0.1, -0.05) is 15.9 Å². The van der Waals surface area contributed by atoms with E-state index in [4.69, 9.17) is 9.84 Å². The van der Waals surface area contributed by atoms with E-state index < -0.39 is 16.9 Å². The molecule has 1 atom stereocenters. The first-order valence-electron chi connectivity index (χ1n) is 5.96. The van der Waals surface area contributed by atoms with Crippen molar-refractivity contribution in [3.63, 3.8) is 0 Å². The summed E-state index contributed by atoms with van der Waals surface area (Å²) < 4.78 is 5.76. The number of nitro groups is 1. The highest BCUT2D eigenvalue weighted by atomic mass is 79.9. The number of nitro benzene ring substituents is 1. The van der Waals surface area contributed by atoms with Gasteiger partial charge in [-0.3, -0.25) is 19.8 Å². The van der Waals surface area contributed by atoms with E-state index in [1.165, 1.54) is 6.07 Å². The number of hydrogen-bond donors (Lipinski definition) is 1. The van der Waals surface area contributed by atoms with Crippen LogP contribution in [-0.4, -0.2) is 46.7 Å². The van der Waals surface area contributed by atoms with E-state index >= 15 is 0 Å². The van der Waals surface area contributed by atoms with Crippen LogP contribution < -0.4 is 0 Å². The molecule has 1 heterocycles. The number of carbonyl (C=O) groups is 1. The van der Waals surface area contributed by atoms with Crippen molar-refractivity contribution >= 4 is 27.6 Å². The Bertz CT molecular complexity index is 537. The molecule has 0 bridgehead atoms. The second kappa shape index (κ2) is 6.29. The fourth-order valence-electron chi connectivity index (χ4n) is 2.11. The number of nitrogens with zero attached hydrogens (tertiary/aromatic N) is 2. The van der Waals surface area contributed by atoms with Crippen LogP contribution in [0.5, 0.6) is 0 Å². The zero-order valence-corrected chi connectivity index (χ0v) is 12.1. The zero-order valence-electron chi connectivity index (χ0n) is 10.5. The lowest BCUT2D eigenvalue weighted by Gasteiger charge is -2.32. The predicted octanol–water partition coefficient (Wildman–Crippen LogP) is 1.64. The Balaban J connectivity index is 2.24. The monoisotopic (exact) mass is 344 g/mol. The summed E-state index contributed by atoms with van der Waals surface area (Å²) in [5, 5.41) is 20.2. The molecule has 2 rings (SSSR count). The van der Waals surface area contributed by atoms with Crippen molar-refractivity contribution in [2.75, 3.05) is 19.8 Å². The summed E-state index contributed by atoms with van der Waals surface area (Å²) in [7, 11) is 0. The van der Waals surface area contributed by atoms with E-state index in [0.29, 0.717) is 23.2 Å². The van der Waals surface area contributed by atoms with Gasteiger partial charge in [0.25, 0.3) is 5.69 Å². The Labute approximate surface area is 123 Å². The summed E-state index contributed by atoms with van der Waals surface area (Å²) in [4.78, 5) is 23.4. The van der Waals surface area contributed by atoms with Crippen molar-refractivity contribution < 1.29 is 19.6 Å². The second-order valence-corrected chi connectivity index (χ2v) is 5.35. The van der Waals surface area contributed by atoms with E-state index in [-0.39, 0.29) is 18.8 Å². The van der Waals surface area contributed by atoms with Gasteiger partial charge in [0, 0.05) is 29.2 Å². The minimum absolute atomic E-state index is 0.0185. The van der Waals surface area contributed by atoms with Crippen LogP contribution in [0.2, 0.25) is 0 Å². The molecule has 0 aliphatic carbocycles. The molecule has 1 N–H and O–H groups in total. The van der Waals surface area contributed by atoms with Crippen molar-refractivity contribution in [3.05, 3.63) is 38.3 Å². The first-order valence-corrected chi connectivity index (χ1v) is 6.75. The smallest absolute Gasteiger partial charge is 0.323 e. The third kappa shape index (κ3) is 3.33. The third-order valence-corrected chi connectivity index (χ3v) is 3.64. The van der Waals surface area contributed by atoms with Crippen LogP contribution in [0.25, 0.3) is 0 Å². The number of carboxylic acids is 1. The molecular formula is C12H13BrN2O5. The van der Waals surface area contributed by atoms with Crippen molar-refractivity contribution in [1.29, 1.82) is 0 Å². The van der Waals surface area contributed by atoms with Gasteiger partial charge in [0.1, 0.15) is 6.04 Å². The zero-order chi connectivity index (χ0) is 14.7. The van der Waals surface area contributed by atoms with Crippen LogP contribution in [0.15, 0.2) is 22.7 Å². The predicted molar refractivity (Wildman–Crippen MR) is 73.4 cm³/mol. The molecule has 0 aromatic heterocycles. The largest absolute Gasteiger partial charge is 0.480 e. The average molecular weight is 345 g/mol. The van der Waals surface area contributed by atoms with Gasteiger partial charge in [0.15, 0.2) is 0 Å². The first kappa shape index (κ1) is 14.9. The Morgan fingerprint density at radius 1 is 1.60 bits per heavy atom. The van der Waals surface area contributed by atoms with Crippen molar-refractivity contribution in [2.24, 2.45) is 0 Å². The summed E-state index contributed by atoms with van der Waals surface area (Å²) in [6.45, 7) is 1.17. The number of benzene rings is 1. The fraction of sp³-hybridized carbons (Fsp3) is 0.417. The van der Waals surface area contributed by atoms with Crippen molar-refractivity contribution in [3.8, 4) is 0 Å². The normalized spacial score (nSPS) is 19.8. The summed E-state index contributed by atoms with van der Waals surface area (Å²) in [6, 6.07) is 3.99. The SMILES string of the molecule is O=C(O)C1COCCN1Cc1ccc(Br)cc1[N+](=O)[O-]. The Morgan fingerprint density at radius 3 is 3.00 bits per heavy atom. The number of aliphatic carboxylic acids is 1. The number of morpholine rings is 1. The lowest BCUT2D eigenvalue weighted by Crippen LogP contribution is -2.49. The summed E-state index contributed by atoms with van der Waals surface area (Å²) in [5.74, 6) is -0.982. The van der Waals surface area contributed by atoms with Crippen LogP contribution >= 0.6 is 15.9 Å². The summed E-state index contributed by atoms with van der Waals surface area (Å²) >= 11 is 3.19. The van der Waals surface area contributed by atoms with Gasteiger partial charge in [-0.15, -0.1) is 0 Å². The van der Waals surface area contributed by atoms with Crippen molar-refractivity contribution in [1.82, 2.24) is 4.90 Å². The van der Waals surface area contributed by atoms with E-state index in [9.17, 15) is 14.9 Å². The lowest BCUT2D eigenvalue weighted by atomic mass is 10.1. The standard InChI is InChI=1S/C12H13BrN2O5/c13-9-2-1-8(10(5-9)15(18)19)6-14-3-4-20-7-11(14)12(16)17/h1-2,5,11H,3-4,6-7H2,(H,16,17). The fourth-order valence-corrected chi connectivity index (χ4v) is 2.46. The van der Waals surface area contributed by atoms with Crippen LogP contribution in [0.1, 0.15) is 5.56 Å². The highest BCUT2D eigenvalue weighted by Gasteiger charge is 2.30. The van der Waals surface area contributed by atoms with Crippen LogP contribution in [0.4, 0.5) is 5.69 Å². The molecule has 7 nitrogen and oxygen atoms in total. The number of rotatable bonds is 4. The van der Waals surface area contributed by atoms with Crippen molar-refractivity contribution in [2.45, 2.75) is 12.6 Å². The molecule has 0 saturated carbocycles.